The normalized spacial score (nSPS) is 16.7. The van der Waals surface area contributed by atoms with E-state index in [9.17, 15) is 4.79 Å². The molecule has 1 amide bonds. The van der Waals surface area contributed by atoms with Crippen LogP contribution in [-0.4, -0.2) is 22.1 Å². The van der Waals surface area contributed by atoms with Gasteiger partial charge in [-0.1, -0.05) is 0 Å². The highest BCUT2D eigenvalue weighted by Crippen LogP contribution is 2.35. The summed E-state index contributed by atoms with van der Waals surface area (Å²) < 4.78 is 7.42. The van der Waals surface area contributed by atoms with Crippen molar-refractivity contribution in [3.05, 3.63) is 29.8 Å². The van der Waals surface area contributed by atoms with Crippen LogP contribution >= 0.6 is 0 Å². The van der Waals surface area contributed by atoms with Crippen molar-refractivity contribution in [3.8, 4) is 11.4 Å². The number of rotatable bonds is 1. The average Bonchev–Trinajstić information content (AvgIpc) is 2.91. The first kappa shape index (κ1) is 12.3. The molecular weight excluding hydrogens is 268 g/mol. The van der Waals surface area contributed by atoms with Gasteiger partial charge in [0.05, 0.1) is 29.1 Å². The fourth-order valence-corrected chi connectivity index (χ4v) is 3.02. The molecule has 108 valence electrons. The summed E-state index contributed by atoms with van der Waals surface area (Å²) in [6.45, 7) is 0.0340. The Kier molecular flexibility index (Phi) is 2.63. The van der Waals surface area contributed by atoms with Gasteiger partial charge in [0, 0.05) is 11.8 Å². The zero-order valence-electron chi connectivity index (χ0n) is 11.6. The molecule has 0 bridgehead atoms. The summed E-state index contributed by atoms with van der Waals surface area (Å²) in [7, 11) is 0. The molecule has 1 aliphatic heterocycles. The van der Waals surface area contributed by atoms with Crippen molar-refractivity contribution in [2.24, 2.45) is 0 Å². The number of aryl methyl sites for hydroxylation is 1. The van der Waals surface area contributed by atoms with Crippen molar-refractivity contribution in [3.63, 3.8) is 0 Å². The minimum atomic E-state index is -0.147. The topological polar surface area (TPSA) is 82.2 Å². The second-order valence-electron chi connectivity index (χ2n) is 5.46. The third-order valence-electron chi connectivity index (χ3n) is 4.05. The maximum atomic E-state index is 11.5. The summed E-state index contributed by atoms with van der Waals surface area (Å²) >= 11 is 0. The van der Waals surface area contributed by atoms with Crippen LogP contribution in [0.1, 0.15) is 24.2 Å². The quantitative estimate of drug-likeness (QED) is 0.780. The number of fused-ring (bicyclic) bond motifs is 2. The summed E-state index contributed by atoms with van der Waals surface area (Å²) in [6.07, 6.45) is 6.21. The number of imidazole rings is 1. The zero-order valence-corrected chi connectivity index (χ0v) is 11.6. The first-order valence-electron chi connectivity index (χ1n) is 7.14. The lowest BCUT2D eigenvalue weighted by Crippen LogP contribution is -2.25. The van der Waals surface area contributed by atoms with Crippen LogP contribution in [0, 0.1) is 0 Å². The van der Waals surface area contributed by atoms with Gasteiger partial charge in [-0.25, -0.2) is 4.98 Å². The van der Waals surface area contributed by atoms with Gasteiger partial charge in [0.1, 0.15) is 5.75 Å². The van der Waals surface area contributed by atoms with E-state index in [0.717, 1.165) is 24.2 Å². The third-order valence-corrected chi connectivity index (χ3v) is 4.05. The van der Waals surface area contributed by atoms with E-state index >= 15 is 0 Å². The van der Waals surface area contributed by atoms with Gasteiger partial charge in [-0.15, -0.1) is 0 Å². The molecule has 1 aromatic heterocycles. The van der Waals surface area contributed by atoms with E-state index in [-0.39, 0.29) is 12.5 Å². The molecule has 0 saturated heterocycles. The molecular formula is C15H16N4O2. The van der Waals surface area contributed by atoms with Gasteiger partial charge in [-0.3, -0.25) is 4.79 Å². The van der Waals surface area contributed by atoms with E-state index < -0.39 is 0 Å². The van der Waals surface area contributed by atoms with Crippen LogP contribution in [0.3, 0.4) is 0 Å². The second kappa shape index (κ2) is 4.51. The highest BCUT2D eigenvalue weighted by Gasteiger charge is 2.21. The number of nitrogens with zero attached hydrogens (tertiary/aromatic N) is 2. The van der Waals surface area contributed by atoms with Crippen LogP contribution in [0.5, 0.6) is 5.75 Å². The van der Waals surface area contributed by atoms with Crippen molar-refractivity contribution in [2.75, 3.05) is 17.7 Å². The standard InChI is InChI=1S/C15H16N4O2/c16-9-5-14-11(18-15(20)7-21-14)6-13(9)19-8-17-10-3-1-2-4-12(10)19/h5-6,8H,1-4,7,16H2,(H,18,20). The van der Waals surface area contributed by atoms with Gasteiger partial charge in [-0.2, -0.15) is 0 Å². The molecule has 21 heavy (non-hydrogen) atoms. The minimum Gasteiger partial charge on any atom is -0.482 e. The molecule has 6 heteroatoms. The Hall–Kier alpha value is -2.50. The van der Waals surface area contributed by atoms with Gasteiger partial charge in [-0.05, 0) is 31.7 Å². The highest BCUT2D eigenvalue weighted by atomic mass is 16.5. The molecule has 2 aromatic rings. The second-order valence-corrected chi connectivity index (χ2v) is 5.46. The van der Waals surface area contributed by atoms with Crippen molar-refractivity contribution in [1.29, 1.82) is 0 Å². The van der Waals surface area contributed by atoms with E-state index in [0.29, 0.717) is 17.1 Å². The van der Waals surface area contributed by atoms with Crippen LogP contribution in [0.4, 0.5) is 11.4 Å². The van der Waals surface area contributed by atoms with Gasteiger partial charge in [0.25, 0.3) is 5.91 Å². The van der Waals surface area contributed by atoms with Crippen molar-refractivity contribution >= 4 is 17.3 Å². The van der Waals surface area contributed by atoms with Crippen LogP contribution < -0.4 is 15.8 Å². The fourth-order valence-electron chi connectivity index (χ4n) is 3.02. The molecule has 4 rings (SSSR count). The molecule has 0 saturated carbocycles. The Morgan fingerprint density at radius 2 is 2.14 bits per heavy atom. The molecule has 1 aromatic carbocycles. The number of benzene rings is 1. The molecule has 2 heterocycles. The summed E-state index contributed by atoms with van der Waals surface area (Å²) in [5.74, 6) is 0.468. The van der Waals surface area contributed by atoms with Crippen LogP contribution in [0.25, 0.3) is 5.69 Å². The molecule has 0 atom stereocenters. The Morgan fingerprint density at radius 3 is 3.05 bits per heavy atom. The molecule has 0 radical (unpaired) electrons. The van der Waals surface area contributed by atoms with E-state index in [2.05, 4.69) is 10.3 Å². The Balaban J connectivity index is 1.83. The molecule has 2 aliphatic rings. The zero-order chi connectivity index (χ0) is 14.4. The number of anilines is 2. The van der Waals surface area contributed by atoms with Crippen molar-refractivity contribution in [2.45, 2.75) is 25.7 Å². The van der Waals surface area contributed by atoms with Gasteiger partial charge in [0.2, 0.25) is 0 Å². The number of amides is 1. The summed E-state index contributed by atoms with van der Waals surface area (Å²) in [5.41, 5.74) is 10.7. The van der Waals surface area contributed by atoms with Gasteiger partial charge >= 0.3 is 0 Å². The maximum absolute atomic E-state index is 11.5. The number of nitrogen functional groups attached to an aromatic ring is 1. The highest BCUT2D eigenvalue weighted by molar-refractivity contribution is 5.96. The maximum Gasteiger partial charge on any atom is 0.262 e. The van der Waals surface area contributed by atoms with Crippen LogP contribution in [0.15, 0.2) is 18.5 Å². The number of aromatic nitrogens is 2. The Labute approximate surface area is 121 Å². The lowest BCUT2D eigenvalue weighted by molar-refractivity contribution is -0.118. The number of carbonyl (C=O) groups excluding carboxylic acids is 1. The van der Waals surface area contributed by atoms with E-state index in [1.807, 2.05) is 17.0 Å². The monoisotopic (exact) mass is 284 g/mol. The van der Waals surface area contributed by atoms with E-state index in [1.165, 1.54) is 18.5 Å². The van der Waals surface area contributed by atoms with Crippen LogP contribution in [0.2, 0.25) is 0 Å². The first-order chi connectivity index (χ1) is 10.2. The Bertz CT molecular complexity index is 736. The third kappa shape index (κ3) is 1.94. The predicted molar refractivity (Wildman–Crippen MR) is 78.7 cm³/mol. The molecule has 0 unspecified atom stereocenters. The fraction of sp³-hybridized carbons (Fsp3) is 0.333. The lowest BCUT2D eigenvalue weighted by atomic mass is 10.0. The SMILES string of the molecule is Nc1cc2c(cc1-n1cnc3c1CCCC3)NC(=O)CO2. The summed E-state index contributed by atoms with van der Waals surface area (Å²) in [5, 5.41) is 2.82. The molecule has 3 N–H and O–H groups in total. The average molecular weight is 284 g/mol. The number of nitrogens with two attached hydrogens (primary N) is 1. The van der Waals surface area contributed by atoms with Gasteiger partial charge in [0.15, 0.2) is 6.61 Å². The number of nitrogens with one attached hydrogen (secondary N) is 1. The first-order valence-corrected chi connectivity index (χ1v) is 7.14. The number of ether oxygens (including phenoxy) is 1. The largest absolute Gasteiger partial charge is 0.482 e. The van der Waals surface area contributed by atoms with E-state index in [4.69, 9.17) is 10.5 Å². The molecule has 0 spiro atoms. The lowest BCUT2D eigenvalue weighted by Gasteiger charge is -2.21. The molecule has 6 nitrogen and oxygen atoms in total. The minimum absolute atomic E-state index is 0.0340. The number of hydrogen-bond acceptors (Lipinski definition) is 4. The number of hydrogen-bond donors (Lipinski definition) is 2. The predicted octanol–water partition coefficient (Wildman–Crippen LogP) is 1.66. The smallest absolute Gasteiger partial charge is 0.262 e. The summed E-state index contributed by atoms with van der Waals surface area (Å²) in [6, 6.07) is 3.62. The number of carbonyl (C=O) groups is 1. The van der Waals surface area contributed by atoms with Crippen molar-refractivity contribution in [1.82, 2.24) is 9.55 Å². The van der Waals surface area contributed by atoms with Crippen LogP contribution in [-0.2, 0) is 17.6 Å². The van der Waals surface area contributed by atoms with Crippen molar-refractivity contribution < 1.29 is 9.53 Å². The van der Waals surface area contributed by atoms with Gasteiger partial charge < -0.3 is 20.4 Å². The Morgan fingerprint density at radius 1 is 1.29 bits per heavy atom. The molecule has 0 fully saturated rings. The van der Waals surface area contributed by atoms with E-state index in [1.54, 1.807) is 6.07 Å². The summed E-state index contributed by atoms with van der Waals surface area (Å²) in [4.78, 5) is 15.9. The molecule has 1 aliphatic carbocycles.